The zero-order valence-corrected chi connectivity index (χ0v) is 10.6. The van der Waals surface area contributed by atoms with Crippen molar-refractivity contribution in [2.45, 2.75) is 18.9 Å². The van der Waals surface area contributed by atoms with Crippen LogP contribution in [0.1, 0.15) is 12.8 Å². The number of likely N-dealkylation sites (tertiary alicyclic amines) is 1. The Labute approximate surface area is 102 Å². The second kappa shape index (κ2) is 4.88. The first-order chi connectivity index (χ1) is 7.66. The van der Waals surface area contributed by atoms with Crippen molar-refractivity contribution in [2.75, 3.05) is 18.9 Å². The predicted octanol–water partition coefficient (Wildman–Crippen LogP) is 1.27. The van der Waals surface area contributed by atoms with Gasteiger partial charge in [-0.2, -0.15) is 0 Å². The van der Waals surface area contributed by atoms with Gasteiger partial charge in [0, 0.05) is 0 Å². The second-order valence-corrected chi connectivity index (χ2v) is 4.67. The largest absolute Gasteiger partial charge is 0.308 e. The molecule has 0 bridgehead atoms. The summed E-state index contributed by atoms with van der Waals surface area (Å²) in [6.45, 7) is 0.974. The zero-order chi connectivity index (χ0) is 11.5. The minimum Gasteiger partial charge on any atom is -0.308 e. The van der Waals surface area contributed by atoms with E-state index < -0.39 is 0 Å². The molecular weight excluding hydrogens is 272 g/mol. The van der Waals surface area contributed by atoms with Gasteiger partial charge in [-0.3, -0.25) is 14.7 Å². The minimum atomic E-state index is -0.0409. The lowest BCUT2D eigenvalue weighted by atomic mass is 10.2. The molecule has 1 aromatic rings. The highest BCUT2D eigenvalue weighted by molar-refractivity contribution is 9.10. The summed E-state index contributed by atoms with van der Waals surface area (Å²) in [5, 5.41) is 2.77. The van der Waals surface area contributed by atoms with Gasteiger partial charge >= 0.3 is 0 Å². The molecule has 16 heavy (non-hydrogen) atoms. The van der Waals surface area contributed by atoms with Crippen LogP contribution in [0.5, 0.6) is 0 Å². The highest BCUT2D eigenvalue weighted by atomic mass is 79.9. The van der Waals surface area contributed by atoms with Crippen molar-refractivity contribution in [3.05, 3.63) is 17.0 Å². The number of nitrogens with one attached hydrogen (secondary N) is 1. The molecule has 86 valence electrons. The second-order valence-electron chi connectivity index (χ2n) is 3.85. The van der Waals surface area contributed by atoms with E-state index in [4.69, 9.17) is 0 Å². The molecule has 0 radical (unpaired) electrons. The molecule has 2 rings (SSSR count). The van der Waals surface area contributed by atoms with Gasteiger partial charge in [-0.05, 0) is 42.4 Å². The first-order valence-electron chi connectivity index (χ1n) is 5.15. The molecule has 1 aliphatic rings. The Hall–Kier alpha value is -1.01. The Morgan fingerprint density at radius 2 is 2.44 bits per heavy atom. The van der Waals surface area contributed by atoms with Gasteiger partial charge in [-0.1, -0.05) is 0 Å². The predicted molar refractivity (Wildman–Crippen MR) is 64.0 cm³/mol. The molecule has 0 saturated carbocycles. The lowest BCUT2D eigenvalue weighted by molar-refractivity contribution is -0.119. The van der Waals surface area contributed by atoms with Gasteiger partial charge in [-0.25, -0.2) is 4.98 Å². The maximum absolute atomic E-state index is 11.9. The molecule has 1 saturated heterocycles. The summed E-state index contributed by atoms with van der Waals surface area (Å²) < 4.78 is 0.616. The summed E-state index contributed by atoms with van der Waals surface area (Å²) in [5.74, 6) is 0.479. The number of halogens is 1. The van der Waals surface area contributed by atoms with E-state index in [2.05, 4.69) is 36.1 Å². The fraction of sp³-hybridized carbons (Fsp3) is 0.500. The third-order valence-electron chi connectivity index (χ3n) is 2.68. The van der Waals surface area contributed by atoms with E-state index in [9.17, 15) is 4.79 Å². The van der Waals surface area contributed by atoms with Crippen molar-refractivity contribution in [3.63, 3.8) is 0 Å². The van der Waals surface area contributed by atoms with Gasteiger partial charge in [0.25, 0.3) is 0 Å². The van der Waals surface area contributed by atoms with Gasteiger partial charge in [0.2, 0.25) is 5.91 Å². The normalized spacial score (nSPS) is 21.0. The molecular formula is C10H13BrN4O. The number of hydrogen-bond donors (Lipinski definition) is 1. The molecule has 0 aromatic carbocycles. The van der Waals surface area contributed by atoms with E-state index >= 15 is 0 Å². The molecule has 1 N–H and O–H groups in total. The number of likely N-dealkylation sites (N-methyl/N-ethyl adjacent to an activating group) is 1. The summed E-state index contributed by atoms with van der Waals surface area (Å²) in [6.07, 6.45) is 5.09. The molecule has 6 heteroatoms. The number of nitrogens with zero attached hydrogens (tertiary/aromatic N) is 3. The van der Waals surface area contributed by atoms with Crippen LogP contribution in [0.25, 0.3) is 0 Å². The minimum absolute atomic E-state index is 0.00704. The van der Waals surface area contributed by atoms with Crippen LogP contribution in [-0.4, -0.2) is 40.4 Å². The highest BCUT2D eigenvalue weighted by Crippen LogP contribution is 2.16. The van der Waals surface area contributed by atoms with Crippen LogP contribution in [0.3, 0.4) is 0 Å². The number of rotatable bonds is 2. The first-order valence-corrected chi connectivity index (χ1v) is 5.95. The summed E-state index contributed by atoms with van der Waals surface area (Å²) in [6, 6.07) is -0.0409. The quantitative estimate of drug-likeness (QED) is 0.889. The fourth-order valence-electron chi connectivity index (χ4n) is 1.85. The van der Waals surface area contributed by atoms with Gasteiger partial charge in [0.15, 0.2) is 5.82 Å². The van der Waals surface area contributed by atoms with Crippen LogP contribution < -0.4 is 5.32 Å². The third kappa shape index (κ3) is 2.56. The zero-order valence-electron chi connectivity index (χ0n) is 8.98. The molecule has 1 aromatic heterocycles. The van der Waals surface area contributed by atoms with E-state index in [-0.39, 0.29) is 11.9 Å². The van der Waals surface area contributed by atoms with Crippen molar-refractivity contribution >= 4 is 27.7 Å². The molecule has 2 heterocycles. The van der Waals surface area contributed by atoms with E-state index in [0.29, 0.717) is 10.4 Å². The van der Waals surface area contributed by atoms with E-state index in [1.54, 1.807) is 6.20 Å². The van der Waals surface area contributed by atoms with E-state index in [1.807, 2.05) is 7.05 Å². The molecule has 1 aliphatic heterocycles. The number of amides is 1. The van der Waals surface area contributed by atoms with Gasteiger partial charge in [0.05, 0.1) is 18.4 Å². The van der Waals surface area contributed by atoms with Crippen molar-refractivity contribution < 1.29 is 4.79 Å². The average Bonchev–Trinajstić information content (AvgIpc) is 2.64. The standard InChI is InChI=1S/C10H13BrN4O/c1-15-4-2-3-7(15)10(16)14-9-6-12-5-8(11)13-9/h5-7H,2-4H2,1H3,(H,13,14,16). The van der Waals surface area contributed by atoms with Crippen LogP contribution in [0.4, 0.5) is 5.82 Å². The third-order valence-corrected chi connectivity index (χ3v) is 3.06. The van der Waals surface area contributed by atoms with Crippen LogP contribution >= 0.6 is 15.9 Å². The monoisotopic (exact) mass is 284 g/mol. The molecule has 1 amide bonds. The molecule has 1 atom stereocenters. The Kier molecular flexibility index (Phi) is 3.50. The van der Waals surface area contributed by atoms with Gasteiger partial charge < -0.3 is 5.32 Å². The Bertz CT molecular complexity index is 398. The van der Waals surface area contributed by atoms with Crippen molar-refractivity contribution in [1.82, 2.24) is 14.9 Å². The first kappa shape index (κ1) is 11.5. The number of carbonyl (C=O) groups excluding carboxylic acids is 1. The fourth-order valence-corrected chi connectivity index (χ4v) is 2.16. The highest BCUT2D eigenvalue weighted by Gasteiger charge is 2.27. The Balaban J connectivity index is 2.02. The summed E-state index contributed by atoms with van der Waals surface area (Å²) in [7, 11) is 1.96. The summed E-state index contributed by atoms with van der Waals surface area (Å²) in [5.41, 5.74) is 0. The number of hydrogen-bond acceptors (Lipinski definition) is 4. The number of aromatic nitrogens is 2. The SMILES string of the molecule is CN1CCCC1C(=O)Nc1cncc(Br)n1. The molecule has 0 spiro atoms. The lowest BCUT2D eigenvalue weighted by Crippen LogP contribution is -2.37. The summed E-state index contributed by atoms with van der Waals surface area (Å²) >= 11 is 3.21. The topological polar surface area (TPSA) is 58.1 Å². The van der Waals surface area contributed by atoms with E-state index in [0.717, 1.165) is 19.4 Å². The molecule has 0 aliphatic carbocycles. The Morgan fingerprint density at radius 3 is 3.06 bits per heavy atom. The molecule has 5 nitrogen and oxygen atoms in total. The lowest BCUT2D eigenvalue weighted by Gasteiger charge is -2.18. The van der Waals surface area contributed by atoms with Gasteiger partial charge in [0.1, 0.15) is 4.60 Å². The smallest absolute Gasteiger partial charge is 0.242 e. The van der Waals surface area contributed by atoms with E-state index in [1.165, 1.54) is 6.20 Å². The van der Waals surface area contributed by atoms with Crippen LogP contribution in [0.15, 0.2) is 17.0 Å². The Morgan fingerprint density at radius 1 is 1.62 bits per heavy atom. The average molecular weight is 285 g/mol. The van der Waals surface area contributed by atoms with Gasteiger partial charge in [-0.15, -0.1) is 0 Å². The maximum atomic E-state index is 11.9. The number of carbonyl (C=O) groups is 1. The molecule has 1 fully saturated rings. The molecule has 1 unspecified atom stereocenters. The summed E-state index contributed by atoms with van der Waals surface area (Å²) in [4.78, 5) is 22.0. The van der Waals surface area contributed by atoms with Crippen molar-refractivity contribution in [2.24, 2.45) is 0 Å². The van der Waals surface area contributed by atoms with Crippen LogP contribution in [-0.2, 0) is 4.79 Å². The van der Waals surface area contributed by atoms with Crippen LogP contribution in [0.2, 0.25) is 0 Å². The van der Waals surface area contributed by atoms with Crippen LogP contribution in [0, 0.1) is 0 Å². The van der Waals surface area contributed by atoms with Crippen molar-refractivity contribution in [1.29, 1.82) is 0 Å². The van der Waals surface area contributed by atoms with Crippen molar-refractivity contribution in [3.8, 4) is 0 Å². The maximum Gasteiger partial charge on any atom is 0.242 e. The number of anilines is 1.